The summed E-state index contributed by atoms with van der Waals surface area (Å²) >= 11 is 1.66. The fourth-order valence-corrected chi connectivity index (χ4v) is 3.56. The van der Waals surface area contributed by atoms with E-state index in [1.165, 1.54) is 0 Å². The van der Waals surface area contributed by atoms with Crippen molar-refractivity contribution in [3.8, 4) is 28.4 Å². The summed E-state index contributed by atoms with van der Waals surface area (Å²) < 4.78 is 11.2. The molecule has 2 N–H and O–H groups in total. The number of aromatic hydroxyl groups is 1. The third-order valence-corrected chi connectivity index (χ3v) is 5.00. The van der Waals surface area contributed by atoms with E-state index in [4.69, 9.17) is 9.47 Å². The van der Waals surface area contributed by atoms with Crippen LogP contribution in [0.15, 0.2) is 53.2 Å². The van der Waals surface area contributed by atoms with Crippen molar-refractivity contribution < 1.29 is 14.6 Å². The summed E-state index contributed by atoms with van der Waals surface area (Å²) in [6.45, 7) is 1.39. The van der Waals surface area contributed by atoms with Crippen LogP contribution in [0.3, 0.4) is 0 Å². The van der Waals surface area contributed by atoms with Gasteiger partial charge in [0.05, 0.1) is 14.2 Å². The average molecular weight is 369 g/mol. The van der Waals surface area contributed by atoms with Crippen LogP contribution in [0.1, 0.15) is 11.1 Å². The fraction of sp³-hybridized carbons (Fsp3) is 0.238. The van der Waals surface area contributed by atoms with Gasteiger partial charge in [0.2, 0.25) is 0 Å². The largest absolute Gasteiger partial charge is 0.508 e. The summed E-state index contributed by atoms with van der Waals surface area (Å²) in [6.07, 6.45) is 0.803. The highest BCUT2D eigenvalue weighted by Gasteiger charge is 2.13. The number of ether oxygens (including phenoxy) is 2. The van der Waals surface area contributed by atoms with Gasteiger partial charge in [-0.15, -0.1) is 0 Å². The molecule has 4 nitrogen and oxygen atoms in total. The zero-order valence-corrected chi connectivity index (χ0v) is 15.8. The summed E-state index contributed by atoms with van der Waals surface area (Å²) in [5.41, 5.74) is 4.16. The Bertz CT molecular complexity index is 846. The van der Waals surface area contributed by atoms with Crippen molar-refractivity contribution in [2.45, 2.75) is 13.0 Å². The number of nitrogens with one attached hydrogen (secondary N) is 1. The van der Waals surface area contributed by atoms with Gasteiger partial charge in [-0.3, -0.25) is 0 Å². The van der Waals surface area contributed by atoms with E-state index >= 15 is 0 Å². The Morgan fingerprint density at radius 3 is 2.50 bits per heavy atom. The van der Waals surface area contributed by atoms with Gasteiger partial charge in [-0.25, -0.2) is 0 Å². The van der Waals surface area contributed by atoms with Crippen LogP contribution in [0.4, 0.5) is 0 Å². The van der Waals surface area contributed by atoms with Crippen molar-refractivity contribution in [2.24, 2.45) is 0 Å². The van der Waals surface area contributed by atoms with Crippen LogP contribution in [0, 0.1) is 0 Å². The number of benzene rings is 2. The van der Waals surface area contributed by atoms with Crippen LogP contribution in [-0.4, -0.2) is 25.9 Å². The molecule has 0 spiro atoms. The molecule has 1 aromatic heterocycles. The molecule has 0 saturated carbocycles. The number of hydrogen-bond acceptors (Lipinski definition) is 5. The van der Waals surface area contributed by atoms with Crippen molar-refractivity contribution in [3.63, 3.8) is 0 Å². The fourth-order valence-electron chi connectivity index (χ4n) is 2.91. The molecule has 0 amide bonds. The second-order valence-corrected chi connectivity index (χ2v) is 6.71. The van der Waals surface area contributed by atoms with Gasteiger partial charge in [-0.1, -0.05) is 18.2 Å². The normalized spacial score (nSPS) is 10.7. The number of thiophene rings is 1. The molecule has 0 atom stereocenters. The van der Waals surface area contributed by atoms with Crippen molar-refractivity contribution in [2.75, 3.05) is 20.8 Å². The van der Waals surface area contributed by atoms with Gasteiger partial charge >= 0.3 is 0 Å². The second-order valence-electron chi connectivity index (χ2n) is 5.93. The lowest BCUT2D eigenvalue weighted by Gasteiger charge is -2.15. The molecule has 136 valence electrons. The van der Waals surface area contributed by atoms with E-state index in [9.17, 15) is 5.11 Å². The molecule has 26 heavy (non-hydrogen) atoms. The molecule has 0 saturated heterocycles. The van der Waals surface area contributed by atoms with Crippen molar-refractivity contribution in [1.82, 2.24) is 5.32 Å². The predicted octanol–water partition coefficient (Wildman–Crippen LogP) is 4.47. The van der Waals surface area contributed by atoms with Gasteiger partial charge in [0.25, 0.3) is 0 Å². The van der Waals surface area contributed by atoms with Crippen LogP contribution in [0.5, 0.6) is 17.2 Å². The Morgan fingerprint density at radius 2 is 1.81 bits per heavy atom. The average Bonchev–Trinajstić information content (AvgIpc) is 3.20. The van der Waals surface area contributed by atoms with Gasteiger partial charge in [0.1, 0.15) is 17.2 Å². The first-order valence-electron chi connectivity index (χ1n) is 8.48. The van der Waals surface area contributed by atoms with Gasteiger partial charge in [0, 0.05) is 17.7 Å². The van der Waals surface area contributed by atoms with E-state index in [0.29, 0.717) is 12.3 Å². The van der Waals surface area contributed by atoms with Crippen LogP contribution >= 0.6 is 11.3 Å². The summed E-state index contributed by atoms with van der Waals surface area (Å²) in [5, 5.41) is 17.3. The Kier molecular flexibility index (Phi) is 6.15. The first kappa shape index (κ1) is 18.3. The molecule has 0 radical (unpaired) electrons. The van der Waals surface area contributed by atoms with Crippen molar-refractivity contribution in [1.29, 1.82) is 0 Å². The lowest BCUT2D eigenvalue weighted by molar-refractivity contribution is 0.399. The molecule has 3 aromatic rings. The molecule has 0 bridgehead atoms. The second kappa shape index (κ2) is 8.74. The van der Waals surface area contributed by atoms with E-state index in [-0.39, 0.29) is 0 Å². The third-order valence-electron chi connectivity index (χ3n) is 4.31. The maximum atomic E-state index is 9.82. The molecule has 0 aliphatic carbocycles. The van der Waals surface area contributed by atoms with Crippen LogP contribution in [0.2, 0.25) is 0 Å². The predicted molar refractivity (Wildman–Crippen MR) is 106 cm³/mol. The lowest BCUT2D eigenvalue weighted by Crippen LogP contribution is -2.17. The van der Waals surface area contributed by atoms with E-state index in [2.05, 4.69) is 22.1 Å². The summed E-state index contributed by atoms with van der Waals surface area (Å²) in [6, 6.07) is 13.5. The van der Waals surface area contributed by atoms with Gasteiger partial charge in [0.15, 0.2) is 0 Å². The molecule has 0 aliphatic heterocycles. The highest BCUT2D eigenvalue weighted by Crippen LogP contribution is 2.37. The highest BCUT2D eigenvalue weighted by atomic mass is 32.1. The zero-order valence-electron chi connectivity index (χ0n) is 15.0. The SMILES string of the molecule is COc1cc(-c2ccsc2)c(OC)cc1CCNCc1ccccc1O. The maximum Gasteiger partial charge on any atom is 0.127 e. The van der Waals surface area contributed by atoms with E-state index in [1.807, 2.05) is 30.3 Å². The summed E-state index contributed by atoms with van der Waals surface area (Å²) in [7, 11) is 3.38. The van der Waals surface area contributed by atoms with Gasteiger partial charge in [-0.2, -0.15) is 11.3 Å². The zero-order chi connectivity index (χ0) is 18.4. The Morgan fingerprint density at radius 1 is 1.00 bits per heavy atom. The number of para-hydroxylation sites is 1. The summed E-state index contributed by atoms with van der Waals surface area (Å²) in [5.74, 6) is 2.02. The number of hydrogen-bond donors (Lipinski definition) is 2. The quantitative estimate of drug-likeness (QED) is 0.575. The number of methoxy groups -OCH3 is 2. The van der Waals surface area contributed by atoms with E-state index < -0.39 is 0 Å². The minimum atomic E-state index is 0.319. The minimum absolute atomic E-state index is 0.319. The molecule has 0 fully saturated rings. The van der Waals surface area contributed by atoms with Crippen LogP contribution in [-0.2, 0) is 13.0 Å². The number of phenols is 1. The Hall–Kier alpha value is -2.50. The first-order valence-corrected chi connectivity index (χ1v) is 9.42. The van der Waals surface area contributed by atoms with E-state index in [1.54, 1.807) is 31.6 Å². The van der Waals surface area contributed by atoms with Crippen molar-refractivity contribution >= 4 is 11.3 Å². The first-order chi connectivity index (χ1) is 12.7. The molecule has 0 unspecified atom stereocenters. The van der Waals surface area contributed by atoms with Crippen molar-refractivity contribution in [3.05, 3.63) is 64.4 Å². The Labute approximate surface area is 158 Å². The van der Waals surface area contributed by atoms with Crippen LogP contribution < -0.4 is 14.8 Å². The maximum absolute atomic E-state index is 9.82. The molecule has 2 aromatic carbocycles. The molecule has 0 aliphatic rings. The molecule has 1 heterocycles. The Balaban J connectivity index is 1.70. The number of rotatable bonds is 8. The molecular formula is C21H23NO3S. The standard InChI is InChI=1S/C21H23NO3S/c1-24-20-12-18(17-8-10-26-14-17)21(25-2)11-15(20)7-9-22-13-16-5-3-4-6-19(16)23/h3-6,8,10-12,14,22-23H,7,9,13H2,1-2H3. The van der Waals surface area contributed by atoms with Crippen LogP contribution in [0.25, 0.3) is 11.1 Å². The summed E-state index contributed by atoms with van der Waals surface area (Å²) in [4.78, 5) is 0. The lowest BCUT2D eigenvalue weighted by atomic mass is 10.0. The highest BCUT2D eigenvalue weighted by molar-refractivity contribution is 7.08. The minimum Gasteiger partial charge on any atom is -0.508 e. The topological polar surface area (TPSA) is 50.7 Å². The monoisotopic (exact) mass is 369 g/mol. The van der Waals surface area contributed by atoms with Gasteiger partial charge < -0.3 is 19.9 Å². The number of phenolic OH excluding ortho intramolecular Hbond substituents is 1. The third kappa shape index (κ3) is 4.18. The smallest absolute Gasteiger partial charge is 0.127 e. The van der Waals surface area contributed by atoms with Gasteiger partial charge in [-0.05, 0) is 59.1 Å². The molecule has 5 heteroatoms. The molecular weight excluding hydrogens is 346 g/mol. The molecule has 3 rings (SSSR count). The van der Waals surface area contributed by atoms with E-state index in [0.717, 1.165) is 46.7 Å².